The van der Waals surface area contributed by atoms with Gasteiger partial charge in [0.25, 0.3) is 0 Å². The van der Waals surface area contributed by atoms with E-state index in [1.165, 1.54) is 13.2 Å². The van der Waals surface area contributed by atoms with Crippen LogP contribution in [0.1, 0.15) is 5.56 Å². The normalized spacial score (nSPS) is 10.0. The Morgan fingerprint density at radius 3 is 2.75 bits per heavy atom. The molecule has 0 aliphatic heterocycles. The van der Waals surface area contributed by atoms with Gasteiger partial charge in [-0.25, -0.2) is 4.39 Å². The molecular formula is C8H9ClFNO. The lowest BCUT2D eigenvalue weighted by Crippen LogP contribution is -1.99. The Morgan fingerprint density at radius 1 is 1.58 bits per heavy atom. The highest BCUT2D eigenvalue weighted by molar-refractivity contribution is 6.31. The summed E-state index contributed by atoms with van der Waals surface area (Å²) in [5, 5.41) is 0.0679. The Kier molecular flexibility index (Phi) is 2.89. The number of hydrogen-bond acceptors (Lipinski definition) is 2. The average molecular weight is 190 g/mol. The molecule has 0 aromatic heterocycles. The number of hydrogen-bond donors (Lipinski definition) is 1. The smallest absolute Gasteiger partial charge is 0.145 e. The van der Waals surface area contributed by atoms with Gasteiger partial charge in [0.15, 0.2) is 0 Å². The van der Waals surface area contributed by atoms with E-state index in [2.05, 4.69) is 0 Å². The lowest BCUT2D eigenvalue weighted by atomic mass is 10.2. The van der Waals surface area contributed by atoms with Crippen LogP contribution in [0.25, 0.3) is 0 Å². The van der Waals surface area contributed by atoms with Crippen molar-refractivity contribution in [3.05, 3.63) is 28.5 Å². The van der Waals surface area contributed by atoms with Gasteiger partial charge in [0, 0.05) is 12.6 Å². The van der Waals surface area contributed by atoms with E-state index >= 15 is 0 Å². The fraction of sp³-hybridized carbons (Fsp3) is 0.250. The molecule has 1 aromatic rings. The van der Waals surface area contributed by atoms with Gasteiger partial charge in [0.2, 0.25) is 0 Å². The van der Waals surface area contributed by atoms with E-state index < -0.39 is 5.82 Å². The third-order valence-corrected chi connectivity index (χ3v) is 1.96. The highest BCUT2D eigenvalue weighted by Crippen LogP contribution is 2.25. The van der Waals surface area contributed by atoms with E-state index in [0.717, 1.165) is 0 Å². The second-order valence-electron chi connectivity index (χ2n) is 2.29. The quantitative estimate of drug-likeness (QED) is 0.772. The van der Waals surface area contributed by atoms with Crippen LogP contribution in [-0.4, -0.2) is 7.11 Å². The molecule has 66 valence electrons. The first kappa shape index (κ1) is 9.29. The molecule has 0 atom stereocenters. The molecule has 0 aliphatic rings. The summed E-state index contributed by atoms with van der Waals surface area (Å²) >= 11 is 5.61. The second-order valence-corrected chi connectivity index (χ2v) is 2.66. The second kappa shape index (κ2) is 3.74. The first-order valence-corrected chi connectivity index (χ1v) is 3.78. The Balaban J connectivity index is 3.19. The third kappa shape index (κ3) is 1.68. The highest BCUT2D eigenvalue weighted by Gasteiger charge is 2.07. The molecule has 12 heavy (non-hydrogen) atoms. The van der Waals surface area contributed by atoms with Gasteiger partial charge in [-0.2, -0.15) is 0 Å². The van der Waals surface area contributed by atoms with Gasteiger partial charge >= 0.3 is 0 Å². The zero-order chi connectivity index (χ0) is 9.14. The maximum Gasteiger partial charge on any atom is 0.145 e. The number of ether oxygens (including phenoxy) is 1. The zero-order valence-electron chi connectivity index (χ0n) is 6.60. The lowest BCUT2D eigenvalue weighted by molar-refractivity contribution is 0.410. The van der Waals surface area contributed by atoms with Gasteiger partial charge in [-0.3, -0.25) is 0 Å². The van der Waals surface area contributed by atoms with Gasteiger partial charge in [-0.15, -0.1) is 0 Å². The summed E-state index contributed by atoms with van der Waals surface area (Å²) in [5.41, 5.74) is 5.89. The minimum Gasteiger partial charge on any atom is -0.497 e. The van der Waals surface area contributed by atoms with Gasteiger partial charge < -0.3 is 10.5 Å². The third-order valence-electron chi connectivity index (χ3n) is 1.53. The van der Waals surface area contributed by atoms with E-state index in [9.17, 15) is 4.39 Å². The molecule has 0 fully saturated rings. The van der Waals surface area contributed by atoms with Crippen molar-refractivity contribution >= 4 is 11.6 Å². The SMILES string of the molecule is COc1cc(F)c(Cl)c(CN)c1. The van der Waals surface area contributed by atoms with Crippen LogP contribution in [0.4, 0.5) is 4.39 Å². The average Bonchev–Trinajstić information content (AvgIpc) is 2.09. The summed E-state index contributed by atoms with van der Waals surface area (Å²) in [7, 11) is 1.46. The summed E-state index contributed by atoms with van der Waals surface area (Å²) in [6.07, 6.45) is 0. The molecule has 0 radical (unpaired) electrons. The van der Waals surface area contributed by atoms with Gasteiger partial charge in [-0.05, 0) is 11.6 Å². The topological polar surface area (TPSA) is 35.2 Å². The molecule has 0 bridgehead atoms. The summed E-state index contributed by atoms with van der Waals surface area (Å²) in [5.74, 6) is -0.0752. The molecule has 1 aromatic carbocycles. The number of halogens is 2. The van der Waals surface area contributed by atoms with E-state index in [1.807, 2.05) is 0 Å². The van der Waals surface area contributed by atoms with Crippen LogP contribution in [0.5, 0.6) is 5.75 Å². The molecule has 2 nitrogen and oxygen atoms in total. The number of benzene rings is 1. The van der Waals surface area contributed by atoms with Crippen LogP contribution < -0.4 is 10.5 Å². The van der Waals surface area contributed by atoms with Crippen LogP contribution in [0.2, 0.25) is 5.02 Å². The van der Waals surface area contributed by atoms with Crippen LogP contribution >= 0.6 is 11.6 Å². The maximum absolute atomic E-state index is 12.9. The molecule has 0 heterocycles. The monoisotopic (exact) mass is 189 g/mol. The van der Waals surface area contributed by atoms with Crippen molar-refractivity contribution in [2.24, 2.45) is 5.73 Å². The number of rotatable bonds is 2. The van der Waals surface area contributed by atoms with E-state index in [-0.39, 0.29) is 11.6 Å². The summed E-state index contributed by atoms with van der Waals surface area (Å²) < 4.78 is 17.8. The molecule has 2 N–H and O–H groups in total. The van der Waals surface area contributed by atoms with Crippen molar-refractivity contribution < 1.29 is 9.13 Å². The van der Waals surface area contributed by atoms with E-state index in [0.29, 0.717) is 11.3 Å². The zero-order valence-corrected chi connectivity index (χ0v) is 7.36. The van der Waals surface area contributed by atoms with Crippen LogP contribution in [0.15, 0.2) is 12.1 Å². The predicted octanol–water partition coefficient (Wildman–Crippen LogP) is 1.95. The van der Waals surface area contributed by atoms with Crippen LogP contribution in [0, 0.1) is 5.82 Å². The maximum atomic E-state index is 12.9. The highest BCUT2D eigenvalue weighted by atomic mass is 35.5. The summed E-state index contributed by atoms with van der Waals surface area (Å²) in [4.78, 5) is 0. The molecular weight excluding hydrogens is 181 g/mol. The molecule has 0 spiro atoms. The molecule has 0 saturated heterocycles. The lowest BCUT2D eigenvalue weighted by Gasteiger charge is -2.05. The van der Waals surface area contributed by atoms with Crippen molar-refractivity contribution in [1.82, 2.24) is 0 Å². The largest absolute Gasteiger partial charge is 0.497 e. The Bertz CT molecular complexity index is 291. The van der Waals surface area contributed by atoms with Gasteiger partial charge in [-0.1, -0.05) is 11.6 Å². The van der Waals surface area contributed by atoms with Crippen molar-refractivity contribution in [1.29, 1.82) is 0 Å². The van der Waals surface area contributed by atoms with Crippen LogP contribution in [-0.2, 0) is 6.54 Å². The number of methoxy groups -OCH3 is 1. The number of nitrogens with two attached hydrogens (primary N) is 1. The minimum atomic E-state index is -0.503. The van der Waals surface area contributed by atoms with Crippen LogP contribution in [0.3, 0.4) is 0 Å². The fourth-order valence-electron chi connectivity index (χ4n) is 0.885. The Morgan fingerprint density at radius 2 is 2.25 bits per heavy atom. The predicted molar refractivity (Wildman–Crippen MR) is 45.9 cm³/mol. The fourth-order valence-corrected chi connectivity index (χ4v) is 1.07. The van der Waals surface area contributed by atoms with Gasteiger partial charge in [0.05, 0.1) is 12.1 Å². The van der Waals surface area contributed by atoms with E-state index in [1.54, 1.807) is 6.07 Å². The molecule has 0 aliphatic carbocycles. The van der Waals surface area contributed by atoms with Gasteiger partial charge in [0.1, 0.15) is 11.6 Å². The molecule has 0 unspecified atom stereocenters. The summed E-state index contributed by atoms with van der Waals surface area (Å²) in [6.45, 7) is 0.201. The molecule has 0 saturated carbocycles. The van der Waals surface area contributed by atoms with Crippen molar-refractivity contribution in [3.63, 3.8) is 0 Å². The molecule has 0 amide bonds. The Hall–Kier alpha value is -0.800. The first-order chi connectivity index (χ1) is 5.69. The van der Waals surface area contributed by atoms with Crippen molar-refractivity contribution in [2.45, 2.75) is 6.54 Å². The van der Waals surface area contributed by atoms with E-state index in [4.69, 9.17) is 22.1 Å². The van der Waals surface area contributed by atoms with Crippen molar-refractivity contribution in [3.8, 4) is 5.75 Å². The Labute approximate surface area is 75.1 Å². The summed E-state index contributed by atoms with van der Waals surface area (Å²) in [6, 6.07) is 2.84. The molecule has 4 heteroatoms. The standard InChI is InChI=1S/C8H9ClFNO/c1-12-6-2-5(4-11)8(9)7(10)3-6/h2-3H,4,11H2,1H3. The minimum absolute atomic E-state index is 0.0679. The molecule has 1 rings (SSSR count). The first-order valence-electron chi connectivity index (χ1n) is 3.41. The van der Waals surface area contributed by atoms with Crippen molar-refractivity contribution in [2.75, 3.05) is 7.11 Å².